The summed E-state index contributed by atoms with van der Waals surface area (Å²) in [5.41, 5.74) is 0. The van der Waals surface area contributed by atoms with Gasteiger partial charge in [-0.05, 0) is 63.0 Å². The lowest BCUT2D eigenvalue weighted by Crippen LogP contribution is -2.36. The summed E-state index contributed by atoms with van der Waals surface area (Å²) in [6.07, 6.45) is 2.47. The molecule has 0 amide bonds. The Kier molecular flexibility index (Phi) is 6.88. The average molecular weight is 408 g/mol. The van der Waals surface area contributed by atoms with Gasteiger partial charge in [-0.2, -0.15) is 0 Å². The molecule has 0 bridgehead atoms. The maximum atomic E-state index is 6.40. The lowest BCUT2D eigenvalue weighted by Gasteiger charge is -2.30. The standard InChI is InChI=1S/C25H32OPSi/c1-22(26-28(2,3)4)20-21-27(23-14-8-5-9-15-23,24-16-10-6-11-17-24)25-18-12-7-13-19-25/h5-19,22H,20-21H2,1-4H3/q+1/t22-/m0/s1. The zero-order chi connectivity index (χ0) is 20.0. The first-order valence-electron chi connectivity index (χ1n) is 10.1. The summed E-state index contributed by atoms with van der Waals surface area (Å²) in [5.74, 6) is 0. The van der Waals surface area contributed by atoms with E-state index in [1.165, 1.54) is 15.9 Å². The SMILES string of the molecule is C[C@@H](CC[P+](c1ccccc1)(c1ccccc1)c1ccccc1)O[Si](C)(C)C. The molecule has 0 fully saturated rings. The van der Waals surface area contributed by atoms with Crippen LogP contribution in [0.2, 0.25) is 19.6 Å². The van der Waals surface area contributed by atoms with Gasteiger partial charge in [0.15, 0.2) is 8.32 Å². The first-order chi connectivity index (χ1) is 13.4. The number of hydrogen-bond donors (Lipinski definition) is 0. The summed E-state index contributed by atoms with van der Waals surface area (Å²) in [5, 5.41) is 4.35. The zero-order valence-electron chi connectivity index (χ0n) is 17.5. The fraction of sp³-hybridized carbons (Fsp3) is 0.280. The number of benzene rings is 3. The normalized spacial score (nSPS) is 13.3. The maximum absolute atomic E-state index is 6.40. The van der Waals surface area contributed by atoms with Crippen LogP contribution in [0.4, 0.5) is 0 Å². The van der Waals surface area contributed by atoms with Crippen LogP contribution in [0.5, 0.6) is 0 Å². The quantitative estimate of drug-likeness (QED) is 0.348. The molecule has 0 radical (unpaired) electrons. The second kappa shape index (κ2) is 9.18. The van der Waals surface area contributed by atoms with E-state index in [0.29, 0.717) is 0 Å². The molecule has 3 aromatic carbocycles. The van der Waals surface area contributed by atoms with Crippen molar-refractivity contribution in [3.8, 4) is 0 Å². The lowest BCUT2D eigenvalue weighted by molar-refractivity contribution is 0.211. The molecule has 28 heavy (non-hydrogen) atoms. The van der Waals surface area contributed by atoms with Crippen molar-refractivity contribution < 1.29 is 4.43 Å². The van der Waals surface area contributed by atoms with Gasteiger partial charge >= 0.3 is 0 Å². The molecular formula is C25H32OPSi+. The Morgan fingerprint density at radius 1 is 0.679 bits per heavy atom. The Morgan fingerprint density at radius 2 is 1.04 bits per heavy atom. The molecule has 3 rings (SSSR count). The van der Waals surface area contributed by atoms with E-state index in [0.717, 1.165) is 12.6 Å². The van der Waals surface area contributed by atoms with E-state index in [-0.39, 0.29) is 6.10 Å². The molecular weight excluding hydrogens is 375 g/mol. The summed E-state index contributed by atoms with van der Waals surface area (Å²) in [4.78, 5) is 0. The minimum atomic E-state index is -1.74. The smallest absolute Gasteiger partial charge is 0.184 e. The molecule has 0 N–H and O–H groups in total. The summed E-state index contributed by atoms with van der Waals surface area (Å²) in [6.45, 7) is 9.07. The van der Waals surface area contributed by atoms with Crippen LogP contribution in [-0.2, 0) is 4.43 Å². The van der Waals surface area contributed by atoms with Gasteiger partial charge < -0.3 is 4.43 Å². The average Bonchev–Trinajstić information content (AvgIpc) is 2.70. The fourth-order valence-corrected chi connectivity index (χ4v) is 9.71. The Labute approximate surface area is 172 Å². The van der Waals surface area contributed by atoms with Crippen LogP contribution in [0.25, 0.3) is 0 Å². The van der Waals surface area contributed by atoms with Gasteiger partial charge in [0, 0.05) is 12.5 Å². The van der Waals surface area contributed by atoms with Gasteiger partial charge in [0.25, 0.3) is 0 Å². The van der Waals surface area contributed by atoms with Crippen LogP contribution in [0.3, 0.4) is 0 Å². The molecule has 0 spiro atoms. The van der Waals surface area contributed by atoms with E-state index in [2.05, 4.69) is 118 Å². The van der Waals surface area contributed by atoms with Crippen LogP contribution in [0, 0.1) is 0 Å². The first-order valence-corrected chi connectivity index (χ1v) is 15.5. The van der Waals surface area contributed by atoms with Crippen molar-refractivity contribution in [3.63, 3.8) is 0 Å². The van der Waals surface area contributed by atoms with Gasteiger partial charge in [0.1, 0.15) is 23.2 Å². The Balaban J connectivity index is 2.09. The Bertz CT molecular complexity index is 747. The minimum absolute atomic E-state index is 0.280. The monoisotopic (exact) mass is 407 g/mol. The van der Waals surface area contributed by atoms with Crippen LogP contribution in [-0.4, -0.2) is 20.6 Å². The predicted octanol–water partition coefficient (Wildman–Crippen LogP) is 5.61. The number of rotatable bonds is 8. The highest BCUT2D eigenvalue weighted by Crippen LogP contribution is 2.56. The molecule has 0 saturated heterocycles. The van der Waals surface area contributed by atoms with E-state index in [1.54, 1.807) is 0 Å². The van der Waals surface area contributed by atoms with Gasteiger partial charge in [-0.15, -0.1) is 0 Å². The molecule has 0 heterocycles. The molecule has 3 aromatic rings. The fourth-order valence-electron chi connectivity index (χ4n) is 3.92. The molecule has 0 saturated carbocycles. The van der Waals surface area contributed by atoms with E-state index < -0.39 is 15.6 Å². The van der Waals surface area contributed by atoms with E-state index in [4.69, 9.17) is 4.43 Å². The first kappa shape index (κ1) is 21.0. The van der Waals surface area contributed by atoms with Gasteiger partial charge in [-0.25, -0.2) is 0 Å². The van der Waals surface area contributed by atoms with Crippen molar-refractivity contribution in [2.75, 3.05) is 6.16 Å². The summed E-state index contributed by atoms with van der Waals surface area (Å²) in [6, 6.07) is 33.3. The highest BCUT2D eigenvalue weighted by molar-refractivity contribution is 7.95. The van der Waals surface area contributed by atoms with Crippen LogP contribution in [0.1, 0.15) is 13.3 Å². The molecule has 0 unspecified atom stereocenters. The third-order valence-corrected chi connectivity index (χ3v) is 10.6. The second-order valence-corrected chi connectivity index (χ2v) is 16.4. The van der Waals surface area contributed by atoms with Crippen LogP contribution in [0.15, 0.2) is 91.0 Å². The molecule has 146 valence electrons. The Morgan fingerprint density at radius 3 is 1.36 bits per heavy atom. The maximum Gasteiger partial charge on any atom is 0.184 e. The minimum Gasteiger partial charge on any atom is -0.415 e. The predicted molar refractivity (Wildman–Crippen MR) is 129 cm³/mol. The largest absolute Gasteiger partial charge is 0.415 e. The van der Waals surface area contributed by atoms with Gasteiger partial charge in [-0.1, -0.05) is 54.6 Å². The third kappa shape index (κ3) is 5.00. The van der Waals surface area contributed by atoms with E-state index >= 15 is 0 Å². The van der Waals surface area contributed by atoms with Crippen molar-refractivity contribution in [3.05, 3.63) is 91.0 Å². The molecule has 0 aliphatic carbocycles. The van der Waals surface area contributed by atoms with E-state index in [9.17, 15) is 0 Å². The van der Waals surface area contributed by atoms with Crippen molar-refractivity contribution in [2.24, 2.45) is 0 Å². The highest BCUT2D eigenvalue weighted by atomic mass is 31.2. The lowest BCUT2D eigenvalue weighted by atomic mass is 10.3. The van der Waals surface area contributed by atoms with Crippen LogP contribution >= 0.6 is 7.26 Å². The molecule has 1 nitrogen and oxygen atoms in total. The van der Waals surface area contributed by atoms with Crippen molar-refractivity contribution in [1.82, 2.24) is 0 Å². The van der Waals surface area contributed by atoms with Gasteiger partial charge in [-0.3, -0.25) is 0 Å². The molecule has 0 aromatic heterocycles. The summed E-state index contributed by atoms with van der Waals surface area (Å²) >= 11 is 0. The van der Waals surface area contributed by atoms with E-state index in [1.807, 2.05) is 0 Å². The molecule has 0 aliphatic heterocycles. The van der Waals surface area contributed by atoms with Gasteiger partial charge in [0.05, 0.1) is 6.16 Å². The van der Waals surface area contributed by atoms with Crippen LogP contribution < -0.4 is 15.9 Å². The number of hydrogen-bond acceptors (Lipinski definition) is 1. The Hall–Kier alpha value is -1.73. The molecule has 3 heteroatoms. The second-order valence-electron chi connectivity index (χ2n) is 8.37. The highest BCUT2D eigenvalue weighted by Gasteiger charge is 2.45. The van der Waals surface area contributed by atoms with Crippen molar-refractivity contribution in [2.45, 2.75) is 39.1 Å². The van der Waals surface area contributed by atoms with Crippen molar-refractivity contribution >= 4 is 31.5 Å². The topological polar surface area (TPSA) is 9.23 Å². The molecule has 1 atom stereocenters. The summed E-state index contributed by atoms with van der Waals surface area (Å²) < 4.78 is 6.40. The third-order valence-electron chi connectivity index (χ3n) is 5.02. The molecule has 0 aliphatic rings. The van der Waals surface area contributed by atoms with Gasteiger partial charge in [0.2, 0.25) is 0 Å². The zero-order valence-corrected chi connectivity index (χ0v) is 19.4. The van der Waals surface area contributed by atoms with Crippen molar-refractivity contribution in [1.29, 1.82) is 0 Å². The summed E-state index contributed by atoms with van der Waals surface area (Å²) in [7, 11) is -3.28.